The van der Waals surface area contributed by atoms with Crippen molar-refractivity contribution >= 4 is 27.5 Å². The van der Waals surface area contributed by atoms with E-state index in [1.54, 1.807) is 7.11 Å². The molecule has 21 heavy (non-hydrogen) atoms. The van der Waals surface area contributed by atoms with E-state index in [4.69, 9.17) is 4.74 Å². The van der Waals surface area contributed by atoms with Crippen LogP contribution in [0.2, 0.25) is 0 Å². The fourth-order valence-electron chi connectivity index (χ4n) is 2.80. The quantitative estimate of drug-likeness (QED) is 0.626. The van der Waals surface area contributed by atoms with Gasteiger partial charge in [0.25, 0.3) is 0 Å². The van der Waals surface area contributed by atoms with Crippen molar-refractivity contribution in [3.05, 3.63) is 35.2 Å². The lowest BCUT2D eigenvalue weighted by Crippen LogP contribution is -2.02. The van der Waals surface area contributed by atoms with E-state index in [9.17, 15) is 0 Å². The Kier molecular flexibility index (Phi) is 6.31. The SMILES string of the molecule is CC.COc1ccc2cc(/C=C/C3CCCCC3)sc2c1. The molecular weight excluding hydrogens is 276 g/mol. The van der Waals surface area contributed by atoms with Crippen LogP contribution in [0.15, 0.2) is 30.3 Å². The lowest BCUT2D eigenvalue weighted by atomic mass is 9.89. The summed E-state index contributed by atoms with van der Waals surface area (Å²) >= 11 is 1.85. The fourth-order valence-corrected chi connectivity index (χ4v) is 3.80. The number of benzene rings is 1. The average molecular weight is 302 g/mol. The Balaban J connectivity index is 0.000000774. The predicted molar refractivity (Wildman–Crippen MR) is 95.3 cm³/mol. The third kappa shape index (κ3) is 4.34. The summed E-state index contributed by atoms with van der Waals surface area (Å²) in [6, 6.07) is 8.57. The molecule has 3 rings (SSSR count). The maximum atomic E-state index is 5.28. The van der Waals surface area contributed by atoms with Crippen molar-refractivity contribution in [2.24, 2.45) is 5.92 Å². The van der Waals surface area contributed by atoms with Gasteiger partial charge in [0.15, 0.2) is 0 Å². The molecule has 1 aliphatic rings. The molecule has 0 aliphatic heterocycles. The highest BCUT2D eigenvalue weighted by molar-refractivity contribution is 7.19. The first-order valence-corrected chi connectivity index (χ1v) is 8.92. The van der Waals surface area contributed by atoms with Crippen LogP contribution in [-0.4, -0.2) is 7.11 Å². The van der Waals surface area contributed by atoms with Gasteiger partial charge in [-0.2, -0.15) is 0 Å². The van der Waals surface area contributed by atoms with Crippen molar-refractivity contribution in [3.63, 3.8) is 0 Å². The highest BCUT2D eigenvalue weighted by Gasteiger charge is 2.10. The zero-order chi connectivity index (χ0) is 15.1. The summed E-state index contributed by atoms with van der Waals surface area (Å²) in [5.41, 5.74) is 0. The first kappa shape index (κ1) is 16.1. The minimum Gasteiger partial charge on any atom is -0.497 e. The van der Waals surface area contributed by atoms with Gasteiger partial charge in [0, 0.05) is 9.58 Å². The van der Waals surface area contributed by atoms with Gasteiger partial charge < -0.3 is 4.74 Å². The van der Waals surface area contributed by atoms with Gasteiger partial charge >= 0.3 is 0 Å². The summed E-state index contributed by atoms with van der Waals surface area (Å²) in [6.45, 7) is 4.00. The second-order valence-electron chi connectivity index (χ2n) is 5.31. The number of hydrogen-bond acceptors (Lipinski definition) is 2. The highest BCUT2D eigenvalue weighted by atomic mass is 32.1. The van der Waals surface area contributed by atoms with Crippen LogP contribution in [0.1, 0.15) is 50.8 Å². The van der Waals surface area contributed by atoms with Gasteiger partial charge in [-0.1, -0.05) is 39.2 Å². The summed E-state index contributed by atoms with van der Waals surface area (Å²) in [4.78, 5) is 1.36. The molecule has 1 fully saturated rings. The van der Waals surface area contributed by atoms with Gasteiger partial charge in [0.2, 0.25) is 0 Å². The molecule has 0 atom stereocenters. The standard InChI is InChI=1S/C17H20OS.C2H6/c1-18-15-9-8-14-11-16(19-17(14)12-15)10-7-13-5-3-2-4-6-13;1-2/h7-13H,2-6H2,1H3;1-2H3/b10-7+;. The fraction of sp³-hybridized carbons (Fsp3) is 0.474. The topological polar surface area (TPSA) is 9.23 Å². The van der Waals surface area contributed by atoms with E-state index in [-0.39, 0.29) is 0 Å². The molecule has 1 heterocycles. The molecule has 0 saturated heterocycles. The molecule has 0 radical (unpaired) electrons. The third-order valence-electron chi connectivity index (χ3n) is 3.93. The van der Waals surface area contributed by atoms with E-state index >= 15 is 0 Å². The average Bonchev–Trinajstić information content (AvgIpc) is 2.97. The van der Waals surface area contributed by atoms with Gasteiger partial charge in [0.1, 0.15) is 5.75 Å². The Labute approximate surface area is 132 Å². The lowest BCUT2D eigenvalue weighted by molar-refractivity contribution is 0.415. The van der Waals surface area contributed by atoms with Crippen LogP contribution in [-0.2, 0) is 0 Å². The summed E-state index contributed by atoms with van der Waals surface area (Å²) in [5.74, 6) is 1.74. The van der Waals surface area contributed by atoms with E-state index < -0.39 is 0 Å². The predicted octanol–water partition coefficient (Wildman–Crippen LogP) is 6.53. The van der Waals surface area contributed by atoms with Gasteiger partial charge in [-0.25, -0.2) is 0 Å². The highest BCUT2D eigenvalue weighted by Crippen LogP contribution is 2.31. The molecule has 1 saturated carbocycles. The van der Waals surface area contributed by atoms with E-state index in [0.29, 0.717) is 0 Å². The van der Waals surface area contributed by atoms with E-state index in [1.165, 1.54) is 47.1 Å². The van der Waals surface area contributed by atoms with E-state index in [1.807, 2.05) is 31.3 Å². The Bertz CT molecular complexity index is 576. The van der Waals surface area contributed by atoms with Crippen LogP contribution in [0, 0.1) is 5.92 Å². The van der Waals surface area contributed by atoms with Crippen LogP contribution >= 0.6 is 11.3 Å². The van der Waals surface area contributed by atoms with Crippen molar-refractivity contribution < 1.29 is 4.74 Å². The van der Waals surface area contributed by atoms with Gasteiger partial charge in [0.05, 0.1) is 7.11 Å². The number of hydrogen-bond donors (Lipinski definition) is 0. The van der Waals surface area contributed by atoms with Crippen molar-refractivity contribution in [2.45, 2.75) is 46.0 Å². The molecule has 2 heteroatoms. The number of thiophene rings is 1. The zero-order valence-electron chi connectivity index (χ0n) is 13.4. The first-order chi connectivity index (χ1) is 10.3. The Morgan fingerprint density at radius 1 is 1.10 bits per heavy atom. The molecule has 0 N–H and O–H groups in total. The minimum atomic E-state index is 0.800. The summed E-state index contributed by atoms with van der Waals surface area (Å²) in [5, 5.41) is 1.31. The first-order valence-electron chi connectivity index (χ1n) is 8.11. The van der Waals surface area contributed by atoms with Crippen molar-refractivity contribution in [1.29, 1.82) is 0 Å². The Morgan fingerprint density at radius 2 is 1.86 bits per heavy atom. The van der Waals surface area contributed by atoms with Gasteiger partial charge in [-0.05, 0) is 54.5 Å². The van der Waals surface area contributed by atoms with Gasteiger partial charge in [-0.3, -0.25) is 0 Å². The minimum absolute atomic E-state index is 0.800. The van der Waals surface area contributed by atoms with Crippen LogP contribution < -0.4 is 4.74 Å². The molecule has 1 aromatic carbocycles. The van der Waals surface area contributed by atoms with Gasteiger partial charge in [-0.15, -0.1) is 11.3 Å². The normalized spacial score (nSPS) is 16.0. The number of ether oxygens (including phenoxy) is 1. The second-order valence-corrected chi connectivity index (χ2v) is 6.43. The molecule has 0 spiro atoms. The number of allylic oxidation sites excluding steroid dienone is 1. The Hall–Kier alpha value is -1.28. The van der Waals surface area contributed by atoms with Crippen molar-refractivity contribution in [1.82, 2.24) is 0 Å². The molecule has 1 aliphatic carbocycles. The molecule has 2 aromatic rings. The summed E-state index contributed by atoms with van der Waals surface area (Å²) in [6.07, 6.45) is 11.7. The monoisotopic (exact) mass is 302 g/mol. The smallest absolute Gasteiger partial charge is 0.120 e. The molecule has 0 amide bonds. The van der Waals surface area contributed by atoms with E-state index in [0.717, 1.165) is 11.7 Å². The molecule has 114 valence electrons. The van der Waals surface area contributed by atoms with Crippen molar-refractivity contribution in [2.75, 3.05) is 7.11 Å². The van der Waals surface area contributed by atoms with Crippen LogP contribution in [0.5, 0.6) is 5.75 Å². The number of methoxy groups -OCH3 is 1. The molecule has 1 nitrogen and oxygen atoms in total. The van der Waals surface area contributed by atoms with Crippen LogP contribution in [0.3, 0.4) is 0 Å². The summed E-state index contributed by atoms with van der Waals surface area (Å²) < 4.78 is 6.58. The van der Waals surface area contributed by atoms with Crippen LogP contribution in [0.25, 0.3) is 16.2 Å². The largest absolute Gasteiger partial charge is 0.497 e. The number of rotatable bonds is 3. The van der Waals surface area contributed by atoms with Crippen molar-refractivity contribution in [3.8, 4) is 5.75 Å². The molecular formula is C19H26OS. The number of fused-ring (bicyclic) bond motifs is 1. The maximum Gasteiger partial charge on any atom is 0.120 e. The Morgan fingerprint density at radius 3 is 2.57 bits per heavy atom. The summed E-state index contributed by atoms with van der Waals surface area (Å²) in [7, 11) is 1.72. The lowest BCUT2D eigenvalue weighted by Gasteiger charge is -2.17. The molecule has 0 bridgehead atoms. The molecule has 0 unspecified atom stereocenters. The van der Waals surface area contributed by atoms with E-state index in [2.05, 4.69) is 30.4 Å². The zero-order valence-corrected chi connectivity index (χ0v) is 14.2. The second kappa shape index (κ2) is 8.23. The molecule has 1 aromatic heterocycles. The maximum absolute atomic E-state index is 5.28. The van der Waals surface area contributed by atoms with Crippen LogP contribution in [0.4, 0.5) is 0 Å². The third-order valence-corrected chi connectivity index (χ3v) is 4.99.